The summed E-state index contributed by atoms with van der Waals surface area (Å²) in [4.78, 5) is 14.1. The Morgan fingerprint density at radius 3 is 2.60 bits per heavy atom. The predicted molar refractivity (Wildman–Crippen MR) is 89.4 cm³/mol. The number of hydrogen-bond acceptors (Lipinski definition) is 2. The highest BCUT2D eigenvalue weighted by Gasteiger charge is 2.33. The van der Waals surface area contributed by atoms with Crippen molar-refractivity contribution in [2.45, 2.75) is 45.3 Å². The normalized spacial score (nSPS) is 18.6. The zero-order valence-electron chi connectivity index (χ0n) is 12.1. The lowest BCUT2D eigenvalue weighted by molar-refractivity contribution is 0.0224. The fourth-order valence-corrected chi connectivity index (χ4v) is 2.92. The number of likely N-dealkylation sites (tertiary alicyclic amines) is 1. The largest absolute Gasteiger partial charge is 0.444 e. The second-order valence-corrected chi connectivity index (χ2v) is 6.71. The molecule has 1 aromatic rings. The van der Waals surface area contributed by atoms with Crippen LogP contribution in [0.25, 0.3) is 0 Å². The molecule has 0 spiro atoms. The number of halogens is 1. The minimum atomic E-state index is -0.446. The molecule has 20 heavy (non-hydrogen) atoms. The summed E-state index contributed by atoms with van der Waals surface area (Å²) in [6.45, 7) is 6.46. The first-order chi connectivity index (χ1) is 8.88. The van der Waals surface area contributed by atoms with Crippen LogP contribution in [-0.4, -0.2) is 23.1 Å². The summed E-state index contributed by atoms with van der Waals surface area (Å²) >= 11 is 3.57. The molecule has 1 fully saturated rings. The Hall–Kier alpha value is -0.680. The van der Waals surface area contributed by atoms with Crippen LogP contribution in [0.3, 0.4) is 0 Å². The second kappa shape index (κ2) is 6.85. The van der Waals surface area contributed by atoms with E-state index < -0.39 is 5.60 Å². The van der Waals surface area contributed by atoms with Crippen LogP contribution in [-0.2, 0) is 4.74 Å². The van der Waals surface area contributed by atoms with Gasteiger partial charge in [-0.05, 0) is 45.2 Å². The molecular weight excluding hydrogens is 338 g/mol. The first kappa shape index (κ1) is 17.4. The van der Waals surface area contributed by atoms with Crippen LogP contribution in [0.2, 0.25) is 0 Å². The monoisotopic (exact) mass is 359 g/mol. The first-order valence-electron chi connectivity index (χ1n) is 6.62. The maximum absolute atomic E-state index is 12.2. The van der Waals surface area contributed by atoms with Crippen LogP contribution >= 0.6 is 29.4 Å². The Morgan fingerprint density at radius 1 is 1.35 bits per heavy atom. The van der Waals surface area contributed by atoms with Gasteiger partial charge < -0.3 is 9.64 Å². The number of rotatable bonds is 1. The maximum Gasteiger partial charge on any atom is 0.410 e. The molecule has 0 N–H and O–H groups in total. The summed E-state index contributed by atoms with van der Waals surface area (Å²) in [5, 5.41) is 0. The number of ether oxygens (including phenoxy) is 1. The smallest absolute Gasteiger partial charge is 0.410 e. The highest BCUT2D eigenvalue weighted by Crippen LogP contribution is 2.36. The quantitative estimate of drug-likeness (QED) is 0.731. The van der Waals surface area contributed by atoms with Gasteiger partial charge in [0.15, 0.2) is 0 Å². The van der Waals surface area contributed by atoms with Gasteiger partial charge in [-0.15, -0.1) is 0 Å². The molecule has 2 rings (SSSR count). The van der Waals surface area contributed by atoms with E-state index in [2.05, 4.69) is 22.0 Å². The fourth-order valence-electron chi connectivity index (χ4n) is 2.37. The Bertz CT molecular complexity index is 473. The van der Waals surface area contributed by atoms with Crippen LogP contribution in [0.15, 0.2) is 28.7 Å². The van der Waals surface area contributed by atoms with Gasteiger partial charge in [0.1, 0.15) is 5.60 Å². The van der Waals surface area contributed by atoms with Crippen molar-refractivity contribution in [2.75, 3.05) is 6.54 Å². The molecule has 0 bridgehead atoms. The summed E-state index contributed by atoms with van der Waals surface area (Å²) < 4.78 is 6.54. The number of nitrogens with zero attached hydrogens (tertiary/aromatic N) is 1. The minimum absolute atomic E-state index is 0. The molecular formula is C15H22BrNO2S. The fraction of sp³-hybridized carbons (Fsp3) is 0.533. The molecule has 0 radical (unpaired) electrons. The average molecular weight is 360 g/mol. The van der Waals surface area contributed by atoms with Crippen molar-refractivity contribution in [2.24, 2.45) is 0 Å². The van der Waals surface area contributed by atoms with Crippen molar-refractivity contribution in [3.63, 3.8) is 0 Å². The lowest BCUT2D eigenvalue weighted by Crippen LogP contribution is -2.36. The van der Waals surface area contributed by atoms with Crippen LogP contribution < -0.4 is 0 Å². The molecule has 1 atom stereocenters. The standard InChI is InChI=1S/C15H20BrNO2.H2S/c1-15(2,3)19-14(18)17-10-6-9-13(17)11-7-4-5-8-12(11)16;/h4-5,7-8,13H,6,9-10H2,1-3H3;1H2/t13-;/m0./s1. The summed E-state index contributed by atoms with van der Waals surface area (Å²) in [7, 11) is 0. The topological polar surface area (TPSA) is 29.5 Å². The number of hydrogen-bond donors (Lipinski definition) is 0. The Kier molecular flexibility index (Phi) is 5.95. The second-order valence-electron chi connectivity index (χ2n) is 5.85. The highest BCUT2D eigenvalue weighted by atomic mass is 79.9. The molecule has 0 saturated carbocycles. The lowest BCUT2D eigenvalue weighted by Gasteiger charge is -2.29. The van der Waals surface area contributed by atoms with E-state index in [9.17, 15) is 4.79 Å². The molecule has 0 aliphatic carbocycles. The van der Waals surface area contributed by atoms with E-state index in [0.717, 1.165) is 29.4 Å². The third-order valence-electron chi connectivity index (χ3n) is 3.15. The van der Waals surface area contributed by atoms with Gasteiger partial charge in [-0.3, -0.25) is 0 Å². The summed E-state index contributed by atoms with van der Waals surface area (Å²) in [5.74, 6) is 0. The average Bonchev–Trinajstić information content (AvgIpc) is 2.76. The maximum atomic E-state index is 12.2. The molecule has 1 aliphatic rings. The molecule has 0 aromatic heterocycles. The summed E-state index contributed by atoms with van der Waals surface area (Å²) in [6, 6.07) is 8.19. The number of amides is 1. The Morgan fingerprint density at radius 2 is 2.00 bits per heavy atom. The zero-order chi connectivity index (χ0) is 14.0. The van der Waals surface area contributed by atoms with Crippen LogP contribution in [0.1, 0.15) is 45.2 Å². The molecule has 1 amide bonds. The van der Waals surface area contributed by atoms with Gasteiger partial charge in [0.25, 0.3) is 0 Å². The van der Waals surface area contributed by atoms with Gasteiger partial charge in [0, 0.05) is 11.0 Å². The zero-order valence-corrected chi connectivity index (χ0v) is 14.7. The predicted octanol–water partition coefficient (Wildman–Crippen LogP) is 4.63. The Labute approximate surface area is 136 Å². The minimum Gasteiger partial charge on any atom is -0.444 e. The van der Waals surface area contributed by atoms with Gasteiger partial charge >= 0.3 is 6.09 Å². The van der Waals surface area contributed by atoms with Gasteiger partial charge in [-0.25, -0.2) is 4.79 Å². The van der Waals surface area contributed by atoms with E-state index in [4.69, 9.17) is 4.74 Å². The summed E-state index contributed by atoms with van der Waals surface area (Å²) in [6.07, 6.45) is 1.79. The van der Waals surface area contributed by atoms with E-state index in [-0.39, 0.29) is 25.6 Å². The van der Waals surface area contributed by atoms with E-state index in [1.54, 1.807) is 0 Å². The van der Waals surface area contributed by atoms with Crippen LogP contribution in [0.5, 0.6) is 0 Å². The lowest BCUT2D eigenvalue weighted by atomic mass is 10.1. The SMILES string of the molecule is CC(C)(C)OC(=O)N1CCC[C@H]1c1ccccc1Br.S. The van der Waals surface area contributed by atoms with Crippen molar-refractivity contribution in [3.05, 3.63) is 34.3 Å². The van der Waals surface area contributed by atoms with Gasteiger partial charge in [0.2, 0.25) is 0 Å². The van der Waals surface area contributed by atoms with Gasteiger partial charge in [-0.2, -0.15) is 13.5 Å². The van der Waals surface area contributed by atoms with E-state index in [1.807, 2.05) is 43.9 Å². The van der Waals surface area contributed by atoms with Crippen molar-refractivity contribution >= 4 is 35.5 Å². The van der Waals surface area contributed by atoms with Crippen LogP contribution in [0.4, 0.5) is 4.79 Å². The molecule has 0 unspecified atom stereocenters. The van der Waals surface area contributed by atoms with Gasteiger partial charge in [0.05, 0.1) is 6.04 Å². The molecule has 1 heterocycles. The molecule has 3 nitrogen and oxygen atoms in total. The summed E-state index contributed by atoms with van der Waals surface area (Å²) in [5.41, 5.74) is 0.712. The molecule has 1 aromatic carbocycles. The van der Waals surface area contributed by atoms with E-state index in [0.29, 0.717) is 0 Å². The van der Waals surface area contributed by atoms with Gasteiger partial charge in [-0.1, -0.05) is 34.1 Å². The molecule has 112 valence electrons. The number of carbonyl (C=O) groups is 1. The van der Waals surface area contributed by atoms with Crippen LogP contribution in [0, 0.1) is 0 Å². The third-order valence-corrected chi connectivity index (χ3v) is 3.87. The highest BCUT2D eigenvalue weighted by molar-refractivity contribution is 9.10. The van der Waals surface area contributed by atoms with E-state index in [1.165, 1.54) is 0 Å². The Balaban J connectivity index is 0.00000200. The van der Waals surface area contributed by atoms with Crippen molar-refractivity contribution < 1.29 is 9.53 Å². The third kappa shape index (κ3) is 4.16. The molecule has 5 heteroatoms. The van der Waals surface area contributed by atoms with Crippen molar-refractivity contribution in [1.82, 2.24) is 4.90 Å². The first-order valence-corrected chi connectivity index (χ1v) is 7.42. The number of benzene rings is 1. The molecule has 1 saturated heterocycles. The van der Waals surface area contributed by atoms with Crippen molar-refractivity contribution in [3.8, 4) is 0 Å². The number of carbonyl (C=O) groups excluding carboxylic acids is 1. The molecule has 1 aliphatic heterocycles. The van der Waals surface area contributed by atoms with E-state index >= 15 is 0 Å². The van der Waals surface area contributed by atoms with Crippen molar-refractivity contribution in [1.29, 1.82) is 0 Å².